The van der Waals surface area contributed by atoms with Crippen molar-refractivity contribution >= 4 is 17.9 Å². The third-order valence-electron chi connectivity index (χ3n) is 5.06. The summed E-state index contributed by atoms with van der Waals surface area (Å²) in [4.78, 5) is 40.4. The van der Waals surface area contributed by atoms with Gasteiger partial charge in [-0.1, -0.05) is 51.1 Å². The Balaban J connectivity index is 1.70. The lowest BCUT2D eigenvalue weighted by Crippen LogP contribution is -2.44. The van der Waals surface area contributed by atoms with Crippen molar-refractivity contribution in [3.05, 3.63) is 35.9 Å². The summed E-state index contributed by atoms with van der Waals surface area (Å²) >= 11 is 0. The normalized spacial score (nSPS) is 25.4. The largest absolute Gasteiger partial charge is 0.445 e. The molecule has 25 heavy (non-hydrogen) atoms. The zero-order chi connectivity index (χ0) is 18.1. The highest BCUT2D eigenvalue weighted by molar-refractivity contribution is 6.00. The summed E-state index contributed by atoms with van der Waals surface area (Å²) in [6.07, 6.45) is 0.189. The smallest absolute Gasteiger partial charge is 0.410 e. The molecule has 3 amide bonds. The molecule has 0 aromatic heterocycles. The number of imide groups is 1. The second-order valence-electron chi connectivity index (χ2n) is 7.07. The standard InChI is InChI=1S/C19H24N2O4/c1-12(2)17(22)21-15-9-10-20(16(15)13(3)18(21)23)19(24)25-11-14-7-5-4-6-8-14/h4-8,12-13,15-16H,9-11H2,1-3H3/t13-,15-,16?/m0/s1. The Labute approximate surface area is 147 Å². The van der Waals surface area contributed by atoms with Gasteiger partial charge in [0.2, 0.25) is 11.8 Å². The van der Waals surface area contributed by atoms with Gasteiger partial charge in [0.05, 0.1) is 18.0 Å². The molecule has 6 nitrogen and oxygen atoms in total. The van der Waals surface area contributed by atoms with Crippen LogP contribution in [0, 0.1) is 11.8 Å². The highest BCUT2D eigenvalue weighted by atomic mass is 16.6. The van der Waals surface area contributed by atoms with E-state index in [-0.39, 0.29) is 42.3 Å². The Kier molecular flexibility index (Phi) is 4.79. The minimum absolute atomic E-state index is 0.163. The van der Waals surface area contributed by atoms with Crippen molar-refractivity contribution in [3.8, 4) is 0 Å². The number of ether oxygens (including phenoxy) is 1. The summed E-state index contributed by atoms with van der Waals surface area (Å²) in [7, 11) is 0. The van der Waals surface area contributed by atoms with Crippen LogP contribution in [0.3, 0.4) is 0 Å². The minimum atomic E-state index is -0.421. The van der Waals surface area contributed by atoms with Crippen LogP contribution < -0.4 is 0 Å². The maximum absolute atomic E-state index is 12.5. The Morgan fingerprint density at radius 3 is 2.56 bits per heavy atom. The summed E-state index contributed by atoms with van der Waals surface area (Å²) in [5.41, 5.74) is 0.916. The van der Waals surface area contributed by atoms with Gasteiger partial charge in [0.1, 0.15) is 6.61 Å². The van der Waals surface area contributed by atoms with E-state index in [1.165, 1.54) is 4.90 Å². The monoisotopic (exact) mass is 344 g/mol. The van der Waals surface area contributed by atoms with Gasteiger partial charge in [-0.2, -0.15) is 0 Å². The van der Waals surface area contributed by atoms with Gasteiger partial charge in [-0.05, 0) is 12.0 Å². The van der Waals surface area contributed by atoms with Crippen LogP contribution >= 0.6 is 0 Å². The molecular formula is C19H24N2O4. The van der Waals surface area contributed by atoms with Crippen LogP contribution in [0.2, 0.25) is 0 Å². The number of benzene rings is 1. The summed E-state index contributed by atoms with van der Waals surface area (Å²) in [5.74, 6) is -0.980. The molecule has 3 atom stereocenters. The Morgan fingerprint density at radius 2 is 1.92 bits per heavy atom. The third kappa shape index (κ3) is 3.13. The lowest BCUT2D eigenvalue weighted by molar-refractivity contribution is -0.147. The van der Waals surface area contributed by atoms with Crippen LogP contribution in [-0.4, -0.2) is 46.3 Å². The fourth-order valence-corrected chi connectivity index (χ4v) is 3.78. The van der Waals surface area contributed by atoms with Crippen molar-refractivity contribution in [3.63, 3.8) is 0 Å². The van der Waals surface area contributed by atoms with E-state index in [1.54, 1.807) is 25.7 Å². The van der Waals surface area contributed by atoms with E-state index in [2.05, 4.69) is 0 Å². The van der Waals surface area contributed by atoms with Crippen molar-refractivity contribution in [2.45, 2.75) is 45.9 Å². The zero-order valence-electron chi connectivity index (χ0n) is 14.8. The molecule has 0 radical (unpaired) electrons. The van der Waals surface area contributed by atoms with E-state index >= 15 is 0 Å². The maximum atomic E-state index is 12.5. The predicted molar refractivity (Wildman–Crippen MR) is 91.4 cm³/mol. The number of nitrogens with zero attached hydrogens (tertiary/aromatic N) is 2. The van der Waals surface area contributed by atoms with Gasteiger partial charge in [-0.3, -0.25) is 14.5 Å². The maximum Gasteiger partial charge on any atom is 0.410 e. The number of hydrogen-bond acceptors (Lipinski definition) is 4. The number of rotatable bonds is 3. The first-order valence-electron chi connectivity index (χ1n) is 8.76. The SMILES string of the molecule is CC(C)C(=O)N1C(=O)[C@@H](C)C2[C@@H]1CCN2C(=O)OCc1ccccc1. The van der Waals surface area contributed by atoms with E-state index in [1.807, 2.05) is 30.3 Å². The number of fused-ring (bicyclic) bond motifs is 1. The van der Waals surface area contributed by atoms with Crippen molar-refractivity contribution in [2.24, 2.45) is 11.8 Å². The molecule has 0 spiro atoms. The van der Waals surface area contributed by atoms with E-state index in [0.29, 0.717) is 13.0 Å². The molecule has 0 N–H and O–H groups in total. The average molecular weight is 344 g/mol. The van der Waals surface area contributed by atoms with Crippen molar-refractivity contribution in [2.75, 3.05) is 6.54 Å². The van der Waals surface area contributed by atoms with Crippen LogP contribution in [0.25, 0.3) is 0 Å². The lowest BCUT2D eigenvalue weighted by Gasteiger charge is -2.26. The quantitative estimate of drug-likeness (QED) is 0.845. The fourth-order valence-electron chi connectivity index (χ4n) is 3.78. The highest BCUT2D eigenvalue weighted by Crippen LogP contribution is 2.37. The van der Waals surface area contributed by atoms with E-state index in [9.17, 15) is 14.4 Å². The first kappa shape index (κ1) is 17.5. The second-order valence-corrected chi connectivity index (χ2v) is 7.07. The molecule has 1 unspecified atom stereocenters. The second kappa shape index (κ2) is 6.86. The van der Waals surface area contributed by atoms with Gasteiger partial charge in [-0.15, -0.1) is 0 Å². The van der Waals surface area contributed by atoms with Crippen molar-refractivity contribution in [1.29, 1.82) is 0 Å². The van der Waals surface area contributed by atoms with Crippen molar-refractivity contribution in [1.82, 2.24) is 9.80 Å². The van der Waals surface area contributed by atoms with Crippen molar-refractivity contribution < 1.29 is 19.1 Å². The van der Waals surface area contributed by atoms with Crippen LogP contribution in [0.1, 0.15) is 32.8 Å². The molecule has 2 aliphatic rings. The molecule has 1 aromatic carbocycles. The number of likely N-dealkylation sites (tertiary alicyclic amines) is 2. The number of amides is 3. The van der Waals surface area contributed by atoms with Gasteiger partial charge in [-0.25, -0.2) is 4.79 Å². The summed E-state index contributed by atoms with van der Waals surface area (Å²) in [6.45, 7) is 6.06. The summed E-state index contributed by atoms with van der Waals surface area (Å²) in [6, 6.07) is 8.95. The lowest BCUT2D eigenvalue weighted by atomic mass is 10.0. The van der Waals surface area contributed by atoms with Gasteiger partial charge < -0.3 is 9.64 Å². The first-order valence-corrected chi connectivity index (χ1v) is 8.76. The van der Waals surface area contributed by atoms with E-state index in [0.717, 1.165) is 5.56 Å². The van der Waals surface area contributed by atoms with Gasteiger partial charge in [0, 0.05) is 12.5 Å². The highest BCUT2D eigenvalue weighted by Gasteiger charge is 2.55. The van der Waals surface area contributed by atoms with Crippen LogP contribution in [-0.2, 0) is 20.9 Å². The predicted octanol–water partition coefficient (Wildman–Crippen LogP) is 2.43. The minimum Gasteiger partial charge on any atom is -0.445 e. The van der Waals surface area contributed by atoms with Crippen LogP contribution in [0.5, 0.6) is 0 Å². The molecule has 2 fully saturated rings. The molecular weight excluding hydrogens is 320 g/mol. The third-order valence-corrected chi connectivity index (χ3v) is 5.06. The Hall–Kier alpha value is -2.37. The van der Waals surface area contributed by atoms with Gasteiger partial charge >= 0.3 is 6.09 Å². The zero-order valence-corrected chi connectivity index (χ0v) is 14.8. The average Bonchev–Trinajstić information content (AvgIpc) is 3.13. The van der Waals surface area contributed by atoms with E-state index < -0.39 is 6.09 Å². The molecule has 2 aliphatic heterocycles. The first-order chi connectivity index (χ1) is 11.9. The summed E-state index contributed by atoms with van der Waals surface area (Å²) < 4.78 is 5.42. The Morgan fingerprint density at radius 1 is 1.24 bits per heavy atom. The van der Waals surface area contributed by atoms with E-state index in [4.69, 9.17) is 4.74 Å². The molecule has 1 aromatic rings. The number of carbonyl (C=O) groups is 3. The van der Waals surface area contributed by atoms with Gasteiger partial charge in [0.25, 0.3) is 0 Å². The molecule has 2 heterocycles. The van der Waals surface area contributed by atoms with Crippen LogP contribution in [0.15, 0.2) is 30.3 Å². The molecule has 0 saturated carbocycles. The number of carbonyl (C=O) groups excluding carboxylic acids is 3. The molecule has 6 heteroatoms. The van der Waals surface area contributed by atoms with Crippen LogP contribution in [0.4, 0.5) is 4.79 Å². The van der Waals surface area contributed by atoms with Gasteiger partial charge in [0.15, 0.2) is 0 Å². The topological polar surface area (TPSA) is 66.9 Å². The summed E-state index contributed by atoms with van der Waals surface area (Å²) in [5, 5.41) is 0. The molecule has 2 saturated heterocycles. The Bertz CT molecular complexity index is 673. The molecule has 3 rings (SSSR count). The molecule has 0 bridgehead atoms. The molecule has 0 aliphatic carbocycles. The number of hydrogen-bond donors (Lipinski definition) is 0. The fraction of sp³-hybridized carbons (Fsp3) is 0.526. The molecule has 134 valence electrons.